The van der Waals surface area contributed by atoms with E-state index in [1.165, 1.54) is 17.5 Å². The smallest absolute Gasteiger partial charge is 0.228 e. The van der Waals surface area contributed by atoms with Gasteiger partial charge < -0.3 is 9.64 Å². The minimum absolute atomic E-state index is 0.203. The molecule has 0 spiro atoms. The van der Waals surface area contributed by atoms with Crippen molar-refractivity contribution in [2.75, 3.05) is 32.1 Å². The van der Waals surface area contributed by atoms with Crippen molar-refractivity contribution in [2.45, 2.75) is 51.6 Å². The topological polar surface area (TPSA) is 41.5 Å². The molecule has 1 unspecified atom stereocenters. The second-order valence-electron chi connectivity index (χ2n) is 8.49. The summed E-state index contributed by atoms with van der Waals surface area (Å²) >= 11 is 0. The maximum absolute atomic E-state index is 5.24. The number of nitrogens with zero attached hydrogens (tertiary/aromatic N) is 4. The van der Waals surface area contributed by atoms with Crippen molar-refractivity contribution in [3.63, 3.8) is 0 Å². The maximum Gasteiger partial charge on any atom is 0.228 e. The Hall–Kier alpha value is -2.14. The SMILES string of the molecule is COc1ccnc(N(C)C2CCCN(Cc3ccc(C(C)(C)C)cc3)C2)n1. The van der Waals surface area contributed by atoms with Crippen molar-refractivity contribution < 1.29 is 4.74 Å². The molecule has 1 aromatic carbocycles. The highest BCUT2D eigenvalue weighted by atomic mass is 16.5. The fraction of sp³-hybridized carbons (Fsp3) is 0.545. The van der Waals surface area contributed by atoms with Gasteiger partial charge in [-0.05, 0) is 35.9 Å². The van der Waals surface area contributed by atoms with Crippen LogP contribution < -0.4 is 9.64 Å². The van der Waals surface area contributed by atoms with Crippen molar-refractivity contribution in [1.29, 1.82) is 0 Å². The molecule has 0 saturated carbocycles. The van der Waals surface area contributed by atoms with Gasteiger partial charge in [0, 0.05) is 38.4 Å². The number of aromatic nitrogens is 2. The zero-order chi connectivity index (χ0) is 19.4. The molecule has 1 fully saturated rings. The third-order valence-electron chi connectivity index (χ3n) is 5.40. The maximum atomic E-state index is 5.24. The van der Waals surface area contributed by atoms with Gasteiger partial charge in [0.25, 0.3) is 0 Å². The fourth-order valence-electron chi connectivity index (χ4n) is 3.64. The lowest BCUT2D eigenvalue weighted by Crippen LogP contribution is -2.46. The molecule has 0 amide bonds. The molecular weight excluding hydrogens is 336 g/mol. The highest BCUT2D eigenvalue weighted by Gasteiger charge is 2.25. The highest BCUT2D eigenvalue weighted by molar-refractivity contribution is 5.33. The van der Waals surface area contributed by atoms with Gasteiger partial charge in [-0.15, -0.1) is 0 Å². The quantitative estimate of drug-likeness (QED) is 0.801. The molecule has 5 heteroatoms. The van der Waals surface area contributed by atoms with Crippen LogP contribution in [0.15, 0.2) is 36.5 Å². The van der Waals surface area contributed by atoms with Crippen LogP contribution in [0.3, 0.4) is 0 Å². The molecule has 1 aliphatic heterocycles. The Kier molecular flexibility index (Phi) is 6.00. The van der Waals surface area contributed by atoms with E-state index in [1.807, 2.05) is 0 Å². The number of ether oxygens (including phenoxy) is 1. The van der Waals surface area contributed by atoms with Crippen LogP contribution in [0.2, 0.25) is 0 Å². The first-order chi connectivity index (χ1) is 12.9. The van der Waals surface area contributed by atoms with E-state index in [0.29, 0.717) is 11.9 Å². The summed E-state index contributed by atoms with van der Waals surface area (Å²) in [5.41, 5.74) is 2.97. The summed E-state index contributed by atoms with van der Waals surface area (Å²) in [6, 6.07) is 11.3. The number of anilines is 1. The second-order valence-corrected chi connectivity index (χ2v) is 8.49. The van der Waals surface area contributed by atoms with Crippen LogP contribution in [0, 0.1) is 0 Å². The number of rotatable bonds is 5. The van der Waals surface area contributed by atoms with Gasteiger partial charge in [-0.3, -0.25) is 4.90 Å². The molecule has 2 aromatic rings. The van der Waals surface area contributed by atoms with E-state index in [9.17, 15) is 0 Å². The first kappa shape index (κ1) is 19.6. The van der Waals surface area contributed by atoms with Gasteiger partial charge in [-0.25, -0.2) is 4.98 Å². The Morgan fingerprint density at radius 3 is 2.59 bits per heavy atom. The van der Waals surface area contributed by atoms with Crippen molar-refractivity contribution in [3.8, 4) is 5.88 Å². The lowest BCUT2D eigenvalue weighted by atomic mass is 9.86. The van der Waals surface area contributed by atoms with E-state index in [-0.39, 0.29) is 5.41 Å². The van der Waals surface area contributed by atoms with E-state index >= 15 is 0 Å². The van der Waals surface area contributed by atoms with E-state index in [4.69, 9.17) is 4.74 Å². The van der Waals surface area contributed by atoms with Crippen molar-refractivity contribution in [1.82, 2.24) is 14.9 Å². The number of hydrogen-bond acceptors (Lipinski definition) is 5. The lowest BCUT2D eigenvalue weighted by molar-refractivity contribution is 0.198. The molecule has 0 aliphatic carbocycles. The first-order valence-electron chi connectivity index (χ1n) is 9.78. The minimum atomic E-state index is 0.203. The molecule has 2 heterocycles. The van der Waals surface area contributed by atoms with Gasteiger partial charge in [0.2, 0.25) is 11.8 Å². The summed E-state index contributed by atoms with van der Waals surface area (Å²) in [7, 11) is 3.72. The van der Waals surface area contributed by atoms with Crippen LogP contribution in [0.25, 0.3) is 0 Å². The predicted molar refractivity (Wildman–Crippen MR) is 110 cm³/mol. The van der Waals surface area contributed by atoms with Crippen LogP contribution in [-0.2, 0) is 12.0 Å². The Bertz CT molecular complexity index is 739. The van der Waals surface area contributed by atoms with Crippen LogP contribution in [-0.4, -0.2) is 48.2 Å². The molecule has 27 heavy (non-hydrogen) atoms. The summed E-state index contributed by atoms with van der Waals surface area (Å²) in [6.45, 7) is 9.94. The van der Waals surface area contributed by atoms with Crippen LogP contribution in [0.5, 0.6) is 5.88 Å². The van der Waals surface area contributed by atoms with Crippen LogP contribution in [0.4, 0.5) is 5.95 Å². The largest absolute Gasteiger partial charge is 0.481 e. The monoisotopic (exact) mass is 368 g/mol. The Labute approximate surface area is 163 Å². The fourth-order valence-corrected chi connectivity index (χ4v) is 3.64. The van der Waals surface area contributed by atoms with Crippen LogP contribution >= 0.6 is 0 Å². The number of likely N-dealkylation sites (tertiary alicyclic amines) is 1. The molecule has 1 saturated heterocycles. The zero-order valence-electron chi connectivity index (χ0n) is 17.3. The van der Waals surface area contributed by atoms with Gasteiger partial charge in [-0.2, -0.15) is 4.98 Å². The molecular formula is C22H32N4O. The summed E-state index contributed by atoms with van der Waals surface area (Å²) in [4.78, 5) is 13.6. The standard InChI is InChI=1S/C22H32N4O/c1-22(2,3)18-10-8-17(9-11-18)15-26-14-6-7-19(16-26)25(4)21-23-13-12-20(24-21)27-5/h8-13,19H,6-7,14-16H2,1-5H3. The molecule has 3 rings (SSSR count). The van der Waals surface area contributed by atoms with E-state index in [2.05, 4.69) is 71.9 Å². The first-order valence-corrected chi connectivity index (χ1v) is 9.78. The number of hydrogen-bond donors (Lipinski definition) is 0. The number of benzene rings is 1. The molecule has 1 atom stereocenters. The average molecular weight is 369 g/mol. The number of likely N-dealkylation sites (N-methyl/N-ethyl adjacent to an activating group) is 1. The second kappa shape index (κ2) is 8.26. The van der Waals surface area contributed by atoms with Crippen molar-refractivity contribution in [2.24, 2.45) is 0 Å². The Balaban J connectivity index is 1.63. The van der Waals surface area contributed by atoms with Crippen molar-refractivity contribution >= 4 is 5.95 Å². The molecule has 1 aromatic heterocycles. The zero-order valence-corrected chi connectivity index (χ0v) is 17.3. The Morgan fingerprint density at radius 2 is 1.93 bits per heavy atom. The number of piperidine rings is 1. The molecule has 5 nitrogen and oxygen atoms in total. The van der Waals surface area contributed by atoms with Crippen LogP contribution in [0.1, 0.15) is 44.7 Å². The number of methoxy groups -OCH3 is 1. The normalized spacial score (nSPS) is 18.3. The van der Waals surface area contributed by atoms with Gasteiger partial charge in [-0.1, -0.05) is 45.0 Å². The predicted octanol–water partition coefficient (Wildman–Crippen LogP) is 3.88. The van der Waals surface area contributed by atoms with E-state index in [0.717, 1.165) is 32.0 Å². The molecule has 146 valence electrons. The van der Waals surface area contributed by atoms with Gasteiger partial charge >= 0.3 is 0 Å². The molecule has 0 N–H and O–H groups in total. The van der Waals surface area contributed by atoms with Gasteiger partial charge in [0.05, 0.1) is 7.11 Å². The third kappa shape index (κ3) is 4.98. The summed E-state index contributed by atoms with van der Waals surface area (Å²) < 4.78 is 5.24. The third-order valence-corrected chi connectivity index (χ3v) is 5.40. The van der Waals surface area contributed by atoms with E-state index in [1.54, 1.807) is 19.4 Å². The van der Waals surface area contributed by atoms with Gasteiger partial charge in [0.15, 0.2) is 0 Å². The Morgan fingerprint density at radius 1 is 1.19 bits per heavy atom. The van der Waals surface area contributed by atoms with Gasteiger partial charge in [0.1, 0.15) is 0 Å². The summed E-state index contributed by atoms with van der Waals surface area (Å²) in [5, 5.41) is 0. The summed E-state index contributed by atoms with van der Waals surface area (Å²) in [5.74, 6) is 1.34. The van der Waals surface area contributed by atoms with E-state index < -0.39 is 0 Å². The molecule has 1 aliphatic rings. The minimum Gasteiger partial charge on any atom is -0.481 e. The molecule has 0 bridgehead atoms. The highest BCUT2D eigenvalue weighted by Crippen LogP contribution is 2.24. The average Bonchev–Trinajstić information content (AvgIpc) is 2.67. The lowest BCUT2D eigenvalue weighted by Gasteiger charge is -2.37. The molecule has 0 radical (unpaired) electrons. The van der Waals surface area contributed by atoms with Crippen molar-refractivity contribution in [3.05, 3.63) is 47.7 Å². The summed E-state index contributed by atoms with van der Waals surface area (Å²) in [6.07, 6.45) is 4.12.